The van der Waals surface area contributed by atoms with E-state index in [9.17, 15) is 9.59 Å². The largest absolute Gasteiger partial charge is 0.343 e. The van der Waals surface area contributed by atoms with E-state index in [-0.39, 0.29) is 12.5 Å². The number of hydrogen-bond acceptors (Lipinski definition) is 3. The molecule has 0 saturated heterocycles. The summed E-state index contributed by atoms with van der Waals surface area (Å²) >= 11 is 3.30. The highest BCUT2D eigenvalue weighted by atomic mass is 79.9. The molecule has 2 amide bonds. The van der Waals surface area contributed by atoms with Gasteiger partial charge >= 0.3 is 0 Å². The van der Waals surface area contributed by atoms with Crippen LogP contribution in [0.1, 0.15) is 41.3 Å². The lowest BCUT2D eigenvalue weighted by Gasteiger charge is -2.06. The third-order valence-electron chi connectivity index (χ3n) is 3.53. The van der Waals surface area contributed by atoms with E-state index in [2.05, 4.69) is 45.6 Å². The van der Waals surface area contributed by atoms with Crippen molar-refractivity contribution in [3.8, 4) is 0 Å². The van der Waals surface area contributed by atoms with E-state index in [0.717, 1.165) is 5.56 Å². The Hall–Kier alpha value is -2.47. The second-order valence-electron chi connectivity index (χ2n) is 5.78. The quantitative estimate of drug-likeness (QED) is 0.574. The van der Waals surface area contributed by atoms with Gasteiger partial charge in [-0.05, 0) is 45.1 Å². The van der Waals surface area contributed by atoms with E-state index in [4.69, 9.17) is 0 Å². The molecule has 130 valence electrons. The van der Waals surface area contributed by atoms with Crippen LogP contribution in [0.5, 0.6) is 0 Å². The van der Waals surface area contributed by atoms with E-state index in [1.54, 1.807) is 24.4 Å². The highest BCUT2D eigenvalue weighted by molar-refractivity contribution is 9.10. The lowest BCUT2D eigenvalue weighted by molar-refractivity contribution is -0.120. The van der Waals surface area contributed by atoms with E-state index in [0.29, 0.717) is 16.0 Å². The maximum atomic E-state index is 12.0. The molecule has 0 heterocycles. The van der Waals surface area contributed by atoms with Crippen LogP contribution in [-0.4, -0.2) is 24.6 Å². The van der Waals surface area contributed by atoms with Crippen molar-refractivity contribution in [2.45, 2.75) is 19.8 Å². The first-order valence-electron chi connectivity index (χ1n) is 7.92. The molecule has 25 heavy (non-hydrogen) atoms. The Morgan fingerprint density at radius 1 is 1.12 bits per heavy atom. The number of rotatable bonds is 6. The van der Waals surface area contributed by atoms with Crippen LogP contribution in [0.25, 0.3) is 0 Å². The topological polar surface area (TPSA) is 70.6 Å². The third kappa shape index (κ3) is 5.83. The molecule has 2 rings (SSSR count). The molecule has 2 aromatic rings. The number of hydrogen-bond donors (Lipinski definition) is 2. The van der Waals surface area contributed by atoms with Crippen LogP contribution in [-0.2, 0) is 4.79 Å². The fourth-order valence-corrected chi connectivity index (χ4v) is 2.55. The average molecular weight is 402 g/mol. The highest BCUT2D eigenvalue weighted by Crippen LogP contribution is 2.15. The minimum Gasteiger partial charge on any atom is -0.343 e. The van der Waals surface area contributed by atoms with Gasteiger partial charge in [-0.15, -0.1) is 0 Å². The van der Waals surface area contributed by atoms with Gasteiger partial charge in [-0.1, -0.05) is 50.2 Å². The van der Waals surface area contributed by atoms with Gasteiger partial charge in [0.25, 0.3) is 11.8 Å². The minimum atomic E-state index is -0.393. The van der Waals surface area contributed by atoms with E-state index >= 15 is 0 Å². The van der Waals surface area contributed by atoms with Gasteiger partial charge in [0.05, 0.1) is 18.3 Å². The first-order chi connectivity index (χ1) is 12.0. The van der Waals surface area contributed by atoms with Crippen molar-refractivity contribution in [1.29, 1.82) is 0 Å². The van der Waals surface area contributed by atoms with Crippen LogP contribution in [0.4, 0.5) is 0 Å². The monoisotopic (exact) mass is 401 g/mol. The SMILES string of the molecule is CC(C)c1ccc(/C=N\NC(=O)CNC(=O)c2ccccc2Br)cc1. The van der Waals surface area contributed by atoms with Gasteiger partial charge in [0.1, 0.15) is 0 Å². The average Bonchev–Trinajstić information content (AvgIpc) is 2.60. The zero-order valence-electron chi connectivity index (χ0n) is 14.1. The van der Waals surface area contributed by atoms with Crippen LogP contribution < -0.4 is 10.7 Å². The van der Waals surface area contributed by atoms with Crippen LogP contribution in [0.3, 0.4) is 0 Å². The smallest absolute Gasteiger partial charge is 0.259 e. The maximum Gasteiger partial charge on any atom is 0.259 e. The van der Waals surface area contributed by atoms with Gasteiger partial charge < -0.3 is 5.32 Å². The van der Waals surface area contributed by atoms with Gasteiger partial charge in [-0.2, -0.15) is 5.10 Å². The molecule has 2 N–H and O–H groups in total. The molecule has 0 radical (unpaired) electrons. The summed E-state index contributed by atoms with van der Waals surface area (Å²) in [4.78, 5) is 23.7. The van der Waals surface area contributed by atoms with Crippen LogP contribution in [0.2, 0.25) is 0 Å². The molecule has 0 aliphatic carbocycles. The lowest BCUT2D eigenvalue weighted by Crippen LogP contribution is -2.35. The summed E-state index contributed by atoms with van der Waals surface area (Å²) in [7, 11) is 0. The first-order valence-corrected chi connectivity index (χ1v) is 8.71. The summed E-state index contributed by atoms with van der Waals surface area (Å²) in [5.74, 6) is -0.245. The van der Waals surface area contributed by atoms with E-state index in [1.807, 2.05) is 30.3 Å². The highest BCUT2D eigenvalue weighted by Gasteiger charge is 2.10. The van der Waals surface area contributed by atoms with Gasteiger partial charge in [0.2, 0.25) is 0 Å². The number of amides is 2. The van der Waals surface area contributed by atoms with E-state index < -0.39 is 5.91 Å². The number of nitrogens with one attached hydrogen (secondary N) is 2. The summed E-state index contributed by atoms with van der Waals surface area (Å²) in [6, 6.07) is 15.0. The molecular formula is C19H20BrN3O2. The standard InChI is InChI=1S/C19H20BrN3O2/c1-13(2)15-9-7-14(8-10-15)11-22-23-18(24)12-21-19(25)16-5-3-4-6-17(16)20/h3-11,13H,12H2,1-2H3,(H,21,25)(H,23,24)/b22-11-. The molecule has 6 heteroatoms. The summed E-state index contributed by atoms with van der Waals surface area (Å²) in [6.07, 6.45) is 1.57. The Bertz CT molecular complexity index is 770. The number of benzene rings is 2. The van der Waals surface area contributed by atoms with Gasteiger partial charge in [-0.25, -0.2) is 5.43 Å². The molecule has 0 aliphatic heterocycles. The molecule has 0 spiro atoms. The number of halogens is 1. The predicted octanol–water partition coefficient (Wildman–Crippen LogP) is 3.45. The van der Waals surface area contributed by atoms with Crippen LogP contribution in [0.15, 0.2) is 58.1 Å². The molecule has 0 fully saturated rings. The Morgan fingerprint density at radius 3 is 2.44 bits per heavy atom. The van der Waals surface area contributed by atoms with Crippen molar-refractivity contribution in [3.05, 3.63) is 69.7 Å². The number of carbonyl (C=O) groups excluding carboxylic acids is 2. The van der Waals surface area contributed by atoms with Crippen molar-refractivity contribution in [2.75, 3.05) is 6.54 Å². The molecule has 0 saturated carbocycles. The van der Waals surface area contributed by atoms with Crippen molar-refractivity contribution in [2.24, 2.45) is 5.10 Å². The molecule has 2 aromatic carbocycles. The number of hydrazone groups is 1. The predicted molar refractivity (Wildman–Crippen MR) is 103 cm³/mol. The Labute approximate surface area is 155 Å². The first kappa shape index (κ1) is 18.9. The van der Waals surface area contributed by atoms with Gasteiger partial charge in [-0.3, -0.25) is 9.59 Å². The summed E-state index contributed by atoms with van der Waals surface area (Å²) in [6.45, 7) is 4.11. The van der Waals surface area contributed by atoms with Gasteiger partial charge in [0, 0.05) is 4.47 Å². The zero-order chi connectivity index (χ0) is 18.2. The summed E-state index contributed by atoms with van der Waals surface area (Å²) < 4.78 is 0.677. The van der Waals surface area contributed by atoms with Gasteiger partial charge in [0.15, 0.2) is 0 Å². The van der Waals surface area contributed by atoms with E-state index in [1.165, 1.54) is 5.56 Å². The molecular weight excluding hydrogens is 382 g/mol. The summed E-state index contributed by atoms with van der Waals surface area (Å²) in [5.41, 5.74) is 5.01. The van der Waals surface area contributed by atoms with Crippen LogP contribution in [0, 0.1) is 0 Å². The Kier molecular flexibility index (Phi) is 6.89. The summed E-state index contributed by atoms with van der Waals surface area (Å²) in [5, 5.41) is 6.45. The number of carbonyl (C=O) groups is 2. The number of nitrogens with zero attached hydrogens (tertiary/aromatic N) is 1. The zero-order valence-corrected chi connectivity index (χ0v) is 15.7. The fraction of sp³-hybridized carbons (Fsp3) is 0.211. The normalized spacial score (nSPS) is 10.9. The van der Waals surface area contributed by atoms with Crippen molar-refractivity contribution >= 4 is 34.0 Å². The lowest BCUT2D eigenvalue weighted by atomic mass is 10.0. The van der Waals surface area contributed by atoms with Crippen molar-refractivity contribution < 1.29 is 9.59 Å². The van der Waals surface area contributed by atoms with Crippen LogP contribution >= 0.6 is 15.9 Å². The molecule has 0 atom stereocenters. The molecule has 0 bridgehead atoms. The molecule has 0 unspecified atom stereocenters. The van der Waals surface area contributed by atoms with Crippen molar-refractivity contribution in [3.63, 3.8) is 0 Å². The maximum absolute atomic E-state index is 12.0. The second kappa shape index (κ2) is 9.13. The van der Waals surface area contributed by atoms with Crippen molar-refractivity contribution in [1.82, 2.24) is 10.7 Å². The third-order valence-corrected chi connectivity index (χ3v) is 4.23. The molecule has 0 aliphatic rings. The molecule has 5 nitrogen and oxygen atoms in total. The Balaban J connectivity index is 1.80. The Morgan fingerprint density at radius 2 is 1.80 bits per heavy atom. The molecule has 0 aromatic heterocycles. The second-order valence-corrected chi connectivity index (χ2v) is 6.63. The fourth-order valence-electron chi connectivity index (χ4n) is 2.09. The minimum absolute atomic E-state index is 0.149.